The molecule has 4 heterocycles. The molecule has 2 atom stereocenters. The number of pyridine rings is 1. The summed E-state index contributed by atoms with van der Waals surface area (Å²) in [6.45, 7) is 0.819. The van der Waals surface area contributed by atoms with Crippen molar-refractivity contribution in [2.45, 2.75) is 35.8 Å². The van der Waals surface area contributed by atoms with E-state index in [4.69, 9.17) is 34.8 Å². The minimum Gasteiger partial charge on any atom is -0.508 e. The summed E-state index contributed by atoms with van der Waals surface area (Å²) in [6.07, 6.45) is 5.46. The second kappa shape index (κ2) is 15.6. The van der Waals surface area contributed by atoms with Crippen molar-refractivity contribution in [1.82, 2.24) is 15.1 Å². The molecule has 0 radical (unpaired) electrons. The Kier molecular flexibility index (Phi) is 11.2. The average Bonchev–Trinajstić information content (AvgIpc) is 3.43. The number of carbonyl (C=O) groups is 5. The van der Waals surface area contributed by atoms with Gasteiger partial charge in [0, 0.05) is 47.1 Å². The number of aromatic nitrogens is 1. The number of likely N-dealkylation sites (tertiary alicyclic amines) is 1. The van der Waals surface area contributed by atoms with Gasteiger partial charge in [-0.1, -0.05) is 34.8 Å². The summed E-state index contributed by atoms with van der Waals surface area (Å²) in [4.78, 5) is 67.4. The van der Waals surface area contributed by atoms with Crippen LogP contribution in [-0.4, -0.2) is 79.1 Å². The maximum atomic E-state index is 13.3. The number of allylic oxidation sites excluding steroid dienone is 1. The summed E-state index contributed by atoms with van der Waals surface area (Å²) >= 11 is 20.6. The summed E-state index contributed by atoms with van der Waals surface area (Å²) in [5.41, 5.74) is 2.00. The molecular weight excluding hydrogens is 761 g/mol. The maximum absolute atomic E-state index is 13.3. The van der Waals surface area contributed by atoms with Gasteiger partial charge in [0.2, 0.25) is 18.4 Å². The molecule has 17 heteroatoms. The largest absolute Gasteiger partial charge is 0.508 e. The van der Waals surface area contributed by atoms with E-state index in [1.54, 1.807) is 46.1 Å². The van der Waals surface area contributed by atoms with Gasteiger partial charge >= 0.3 is 5.97 Å². The number of thioether (sulfide) groups is 2. The number of phenols is 1. The number of amides is 4. The normalized spacial score (nSPS) is 19.2. The van der Waals surface area contributed by atoms with Crippen LogP contribution < -0.4 is 15.2 Å². The molecule has 0 saturated carbocycles. The Labute approximate surface area is 315 Å². The molecule has 0 spiro atoms. The Hall–Kier alpha value is -4.21. The minimum atomic E-state index is -1.30. The SMILES string of the molecule is O=C(C[n+]1ccc(CN2CC/C(=C\C3=C(C(=O)O)N4C(=O)C(NC(=O)CSc5cc(Cl)c(Cl)cc5Cl)C4SC3)C2=O)cc1)Nc1ccc(O)cc1. The highest BCUT2D eigenvalue weighted by Gasteiger charge is 2.54. The summed E-state index contributed by atoms with van der Waals surface area (Å²) in [5.74, 6) is -2.49. The van der Waals surface area contributed by atoms with Crippen LogP contribution in [0.2, 0.25) is 15.1 Å². The van der Waals surface area contributed by atoms with Gasteiger partial charge in [-0.15, -0.1) is 23.5 Å². The lowest BCUT2D eigenvalue weighted by Crippen LogP contribution is -2.70. The highest BCUT2D eigenvalue weighted by Crippen LogP contribution is 2.42. The zero-order valence-electron chi connectivity index (χ0n) is 26.5. The number of rotatable bonds is 11. The summed E-state index contributed by atoms with van der Waals surface area (Å²) in [6, 6.07) is 11.9. The molecule has 12 nitrogen and oxygen atoms in total. The van der Waals surface area contributed by atoms with E-state index in [1.807, 2.05) is 12.1 Å². The first-order chi connectivity index (χ1) is 24.4. The number of carboxylic acids is 1. The fourth-order valence-corrected chi connectivity index (χ4v) is 8.57. The predicted octanol–water partition coefficient (Wildman–Crippen LogP) is 4.47. The van der Waals surface area contributed by atoms with Gasteiger partial charge in [0.05, 0.1) is 20.8 Å². The quantitative estimate of drug-likeness (QED) is 0.0549. The third-order valence-corrected chi connectivity index (χ3v) is 11.7. The first-order valence-electron chi connectivity index (χ1n) is 15.4. The van der Waals surface area contributed by atoms with Crippen molar-refractivity contribution in [2.24, 2.45) is 0 Å². The van der Waals surface area contributed by atoms with Crippen molar-refractivity contribution in [3.63, 3.8) is 0 Å². The van der Waals surface area contributed by atoms with Crippen LogP contribution in [0, 0.1) is 0 Å². The van der Waals surface area contributed by atoms with Gasteiger partial charge in [-0.05, 0) is 60.0 Å². The Morgan fingerprint density at radius 1 is 1.00 bits per heavy atom. The van der Waals surface area contributed by atoms with E-state index in [2.05, 4.69) is 10.6 Å². The number of carboxylic acid groups (broad SMARTS) is 1. The van der Waals surface area contributed by atoms with Crippen molar-refractivity contribution >= 4 is 93.6 Å². The molecule has 1 aromatic heterocycles. The van der Waals surface area contributed by atoms with Crippen LogP contribution in [0.4, 0.5) is 5.69 Å². The smallest absolute Gasteiger partial charge is 0.352 e. The van der Waals surface area contributed by atoms with Crippen LogP contribution in [0.3, 0.4) is 0 Å². The number of nitrogens with one attached hydrogen (secondary N) is 2. The standard InChI is InChI=1S/C34H28Cl3N5O7S2/c35-23-12-25(37)26(13-24(23)36)50-17-28(45)39-29-32(47)42-30(34(48)49)20(16-51-33(29)42)11-19-7-10-41(31(19)46)14-18-5-8-40(9-6-18)15-27(44)38-21-1-3-22(43)4-2-21/h1-6,8-9,11-13,29,33H,7,10,14-17H2,(H3-,38,39,43,44,45,48,49)/p+1/b19-11+. The number of nitrogens with zero attached hydrogens (tertiary/aromatic N) is 3. The van der Waals surface area contributed by atoms with E-state index < -0.39 is 29.2 Å². The van der Waals surface area contributed by atoms with Crippen LogP contribution in [0.25, 0.3) is 0 Å². The highest BCUT2D eigenvalue weighted by atomic mass is 35.5. The fraction of sp³-hybridized carbons (Fsp3) is 0.235. The van der Waals surface area contributed by atoms with Crippen molar-refractivity contribution in [3.05, 3.63) is 104 Å². The molecule has 51 heavy (non-hydrogen) atoms. The molecule has 3 aromatic rings. The molecule has 3 aliphatic rings. The van der Waals surface area contributed by atoms with Crippen LogP contribution in [-0.2, 0) is 37.1 Å². The molecule has 4 N–H and O–H groups in total. The zero-order chi connectivity index (χ0) is 36.4. The average molecular weight is 790 g/mol. The molecule has 0 aliphatic carbocycles. The molecule has 0 bridgehead atoms. The molecule has 264 valence electrons. The molecule has 3 aliphatic heterocycles. The Morgan fingerprint density at radius 3 is 2.41 bits per heavy atom. The van der Waals surface area contributed by atoms with E-state index in [-0.39, 0.29) is 51.4 Å². The van der Waals surface area contributed by atoms with Gasteiger partial charge in [-0.3, -0.25) is 24.1 Å². The number of aromatic hydroxyl groups is 1. The molecule has 2 saturated heterocycles. The van der Waals surface area contributed by atoms with E-state index >= 15 is 0 Å². The molecular formula is C34H29Cl3N5O7S2+. The fourth-order valence-electron chi connectivity index (χ4n) is 5.72. The second-order valence-electron chi connectivity index (χ2n) is 11.7. The molecule has 2 fully saturated rings. The summed E-state index contributed by atoms with van der Waals surface area (Å²) in [5, 5.41) is 25.2. The number of benzene rings is 2. The number of halogens is 3. The number of hydrogen-bond donors (Lipinski definition) is 4. The summed E-state index contributed by atoms with van der Waals surface area (Å²) < 4.78 is 1.70. The number of aliphatic carboxylic acids is 1. The Bertz CT molecular complexity index is 1990. The molecule has 2 aromatic carbocycles. The van der Waals surface area contributed by atoms with Gasteiger partial charge in [0.1, 0.15) is 22.9 Å². The predicted molar refractivity (Wildman–Crippen MR) is 193 cm³/mol. The number of hydrogen-bond acceptors (Lipinski definition) is 8. The Morgan fingerprint density at radius 2 is 1.71 bits per heavy atom. The third-order valence-electron chi connectivity index (χ3n) is 8.22. The topological polar surface area (TPSA) is 160 Å². The number of phenolic OH excluding ortho intramolecular Hbond substituents is 1. The van der Waals surface area contributed by atoms with Crippen molar-refractivity contribution in [3.8, 4) is 5.75 Å². The number of carbonyl (C=O) groups excluding carboxylic acids is 4. The minimum absolute atomic E-state index is 0.0569. The van der Waals surface area contributed by atoms with Crippen molar-refractivity contribution in [1.29, 1.82) is 0 Å². The lowest BCUT2D eigenvalue weighted by Gasteiger charge is -2.49. The third kappa shape index (κ3) is 8.31. The summed E-state index contributed by atoms with van der Waals surface area (Å²) in [7, 11) is 0. The van der Waals surface area contributed by atoms with Gasteiger partial charge in [0.25, 0.3) is 11.8 Å². The number of anilines is 1. The molecule has 4 amide bonds. The lowest BCUT2D eigenvalue weighted by atomic mass is 10.0. The zero-order valence-corrected chi connectivity index (χ0v) is 30.4. The van der Waals surface area contributed by atoms with E-state index in [0.717, 1.165) is 22.2 Å². The lowest BCUT2D eigenvalue weighted by molar-refractivity contribution is -0.684. The van der Waals surface area contributed by atoms with Crippen molar-refractivity contribution in [2.75, 3.05) is 23.4 Å². The highest BCUT2D eigenvalue weighted by molar-refractivity contribution is 8.00. The van der Waals surface area contributed by atoms with Gasteiger partial charge < -0.3 is 25.7 Å². The van der Waals surface area contributed by atoms with Crippen LogP contribution >= 0.6 is 58.3 Å². The van der Waals surface area contributed by atoms with Crippen LogP contribution in [0.1, 0.15) is 12.0 Å². The molecule has 6 rings (SSSR count). The first kappa shape index (κ1) is 36.6. The van der Waals surface area contributed by atoms with Crippen LogP contribution in [0.5, 0.6) is 5.75 Å². The van der Waals surface area contributed by atoms with E-state index in [9.17, 15) is 34.2 Å². The van der Waals surface area contributed by atoms with E-state index in [1.165, 1.54) is 30.0 Å². The van der Waals surface area contributed by atoms with Gasteiger partial charge in [-0.2, -0.15) is 4.57 Å². The number of fused-ring (bicyclic) bond motifs is 1. The van der Waals surface area contributed by atoms with Gasteiger partial charge in [-0.25, -0.2) is 4.79 Å². The first-order valence-corrected chi connectivity index (χ1v) is 18.6. The number of β-lactam (4-membered cyclic amide) rings is 1. The van der Waals surface area contributed by atoms with Gasteiger partial charge in [0.15, 0.2) is 12.4 Å². The monoisotopic (exact) mass is 788 g/mol. The second-order valence-corrected chi connectivity index (χ2v) is 15.1. The van der Waals surface area contributed by atoms with Crippen LogP contribution in [0.15, 0.2) is 88.7 Å². The van der Waals surface area contributed by atoms with Crippen molar-refractivity contribution < 1.29 is 38.8 Å². The maximum Gasteiger partial charge on any atom is 0.352 e. The molecule has 2 unspecified atom stereocenters. The van der Waals surface area contributed by atoms with E-state index in [0.29, 0.717) is 46.3 Å². The Balaban J connectivity index is 1.04.